The standard InChI is InChI=1S/C11H7Cl2NO2/c12-7-2-1-3-9(4-7)14-6-8(13)5-10(14)11(15)16/h1-6H,(H,15,16). The Hall–Kier alpha value is -1.45. The minimum absolute atomic E-state index is 0.104. The molecule has 0 fully saturated rings. The quantitative estimate of drug-likeness (QED) is 0.893. The maximum atomic E-state index is 11.0. The van der Waals surface area contributed by atoms with Gasteiger partial charge in [0, 0.05) is 16.9 Å². The van der Waals surface area contributed by atoms with Crippen molar-refractivity contribution in [3.05, 3.63) is 52.3 Å². The summed E-state index contributed by atoms with van der Waals surface area (Å²) in [5, 5.41) is 9.91. The van der Waals surface area contributed by atoms with Crippen LogP contribution in [0.2, 0.25) is 10.0 Å². The molecule has 0 saturated carbocycles. The fourth-order valence-corrected chi connectivity index (χ4v) is 1.82. The molecule has 16 heavy (non-hydrogen) atoms. The third-order valence-electron chi connectivity index (χ3n) is 2.09. The first-order chi connectivity index (χ1) is 7.58. The highest BCUT2D eigenvalue weighted by Gasteiger charge is 2.12. The number of benzene rings is 1. The fraction of sp³-hybridized carbons (Fsp3) is 0. The molecule has 0 spiro atoms. The van der Waals surface area contributed by atoms with E-state index in [2.05, 4.69) is 0 Å². The second kappa shape index (κ2) is 4.20. The molecule has 1 aromatic heterocycles. The van der Waals surface area contributed by atoms with E-state index in [-0.39, 0.29) is 5.69 Å². The molecule has 2 rings (SSSR count). The van der Waals surface area contributed by atoms with Crippen LogP contribution in [-0.2, 0) is 0 Å². The van der Waals surface area contributed by atoms with Crippen molar-refractivity contribution in [2.45, 2.75) is 0 Å². The van der Waals surface area contributed by atoms with E-state index < -0.39 is 5.97 Å². The Morgan fingerprint density at radius 3 is 2.56 bits per heavy atom. The molecule has 0 radical (unpaired) electrons. The Morgan fingerprint density at radius 2 is 1.94 bits per heavy atom. The topological polar surface area (TPSA) is 42.2 Å². The highest BCUT2D eigenvalue weighted by atomic mass is 35.5. The number of aromatic carboxylic acids is 1. The SMILES string of the molecule is O=C(O)c1cc(Cl)cn1-c1cccc(Cl)c1. The highest BCUT2D eigenvalue weighted by molar-refractivity contribution is 6.31. The highest BCUT2D eigenvalue weighted by Crippen LogP contribution is 2.21. The molecule has 0 saturated heterocycles. The largest absolute Gasteiger partial charge is 0.477 e. The van der Waals surface area contributed by atoms with Crippen molar-refractivity contribution < 1.29 is 9.90 Å². The Bertz CT molecular complexity index is 549. The number of hydrogen-bond acceptors (Lipinski definition) is 1. The summed E-state index contributed by atoms with van der Waals surface area (Å²) in [6.45, 7) is 0. The molecule has 0 unspecified atom stereocenters. The Kier molecular flexibility index (Phi) is 2.90. The summed E-state index contributed by atoms with van der Waals surface area (Å²) in [5.41, 5.74) is 0.768. The van der Waals surface area contributed by atoms with Crippen molar-refractivity contribution in [3.63, 3.8) is 0 Å². The number of rotatable bonds is 2. The molecule has 0 aliphatic carbocycles. The monoisotopic (exact) mass is 255 g/mol. The average Bonchev–Trinajstić information content (AvgIpc) is 2.60. The third-order valence-corrected chi connectivity index (χ3v) is 2.53. The number of carboxylic acid groups (broad SMARTS) is 1. The first kappa shape index (κ1) is 11.0. The van der Waals surface area contributed by atoms with Crippen LogP contribution in [0.15, 0.2) is 36.5 Å². The summed E-state index contributed by atoms with van der Waals surface area (Å²) >= 11 is 11.6. The van der Waals surface area contributed by atoms with Crippen LogP contribution in [0.25, 0.3) is 5.69 Å². The Balaban J connectivity index is 2.59. The molecule has 0 bridgehead atoms. The summed E-state index contributed by atoms with van der Waals surface area (Å²) < 4.78 is 1.48. The van der Waals surface area contributed by atoms with Crippen molar-refractivity contribution in [3.8, 4) is 5.69 Å². The van der Waals surface area contributed by atoms with E-state index in [1.165, 1.54) is 16.8 Å². The van der Waals surface area contributed by atoms with Gasteiger partial charge in [-0.25, -0.2) is 4.79 Å². The van der Waals surface area contributed by atoms with Crippen LogP contribution in [0.3, 0.4) is 0 Å². The molecule has 0 atom stereocenters. The smallest absolute Gasteiger partial charge is 0.352 e. The molecule has 1 aromatic carbocycles. The number of nitrogens with zero attached hydrogens (tertiary/aromatic N) is 1. The molecule has 1 N–H and O–H groups in total. The van der Waals surface area contributed by atoms with Crippen molar-refractivity contribution in [1.82, 2.24) is 4.57 Å². The van der Waals surface area contributed by atoms with E-state index in [1.54, 1.807) is 24.3 Å². The molecule has 1 heterocycles. The first-order valence-corrected chi connectivity index (χ1v) is 5.20. The lowest BCUT2D eigenvalue weighted by atomic mass is 10.3. The van der Waals surface area contributed by atoms with Crippen molar-refractivity contribution in [1.29, 1.82) is 0 Å². The number of hydrogen-bond donors (Lipinski definition) is 1. The summed E-state index contributed by atoms with van der Waals surface area (Å²) in [6, 6.07) is 8.29. The van der Waals surface area contributed by atoms with Gasteiger partial charge in [0.25, 0.3) is 0 Å². The van der Waals surface area contributed by atoms with E-state index >= 15 is 0 Å². The minimum Gasteiger partial charge on any atom is -0.477 e. The summed E-state index contributed by atoms with van der Waals surface area (Å²) in [7, 11) is 0. The zero-order valence-corrected chi connectivity index (χ0v) is 9.53. The number of halogens is 2. The summed E-state index contributed by atoms with van der Waals surface area (Å²) in [6.07, 6.45) is 1.54. The Labute approximate surface area is 102 Å². The van der Waals surface area contributed by atoms with Crippen LogP contribution in [0.1, 0.15) is 10.5 Å². The molecule has 2 aromatic rings. The minimum atomic E-state index is -1.04. The number of carboxylic acids is 1. The Morgan fingerprint density at radius 1 is 1.19 bits per heavy atom. The first-order valence-electron chi connectivity index (χ1n) is 4.45. The van der Waals surface area contributed by atoms with Crippen LogP contribution >= 0.6 is 23.2 Å². The lowest BCUT2D eigenvalue weighted by Gasteiger charge is -2.05. The van der Waals surface area contributed by atoms with Crippen LogP contribution < -0.4 is 0 Å². The van der Waals surface area contributed by atoms with Gasteiger partial charge in [-0.15, -0.1) is 0 Å². The normalized spacial score (nSPS) is 10.4. The molecule has 82 valence electrons. The van der Waals surface area contributed by atoms with E-state index in [0.717, 1.165) is 0 Å². The van der Waals surface area contributed by atoms with Crippen molar-refractivity contribution in [2.24, 2.45) is 0 Å². The average molecular weight is 256 g/mol. The van der Waals surface area contributed by atoms with Crippen molar-refractivity contribution in [2.75, 3.05) is 0 Å². The second-order valence-corrected chi connectivity index (χ2v) is 4.07. The van der Waals surface area contributed by atoms with Crippen molar-refractivity contribution >= 4 is 29.2 Å². The van der Waals surface area contributed by atoms with Gasteiger partial charge in [-0.05, 0) is 24.3 Å². The molecular formula is C11H7Cl2NO2. The molecule has 0 aliphatic heterocycles. The number of carbonyl (C=O) groups is 1. The van der Waals surface area contributed by atoms with E-state index in [9.17, 15) is 4.79 Å². The van der Waals surface area contributed by atoms with Crippen LogP contribution in [0.5, 0.6) is 0 Å². The van der Waals surface area contributed by atoms with E-state index in [0.29, 0.717) is 15.7 Å². The van der Waals surface area contributed by atoms with Gasteiger partial charge in [0.05, 0.1) is 5.02 Å². The van der Waals surface area contributed by atoms with Gasteiger partial charge in [-0.2, -0.15) is 0 Å². The predicted molar refractivity (Wildman–Crippen MR) is 62.7 cm³/mol. The molecule has 0 aliphatic rings. The van der Waals surface area contributed by atoms with Gasteiger partial charge >= 0.3 is 5.97 Å². The second-order valence-electron chi connectivity index (χ2n) is 3.20. The fourth-order valence-electron chi connectivity index (χ4n) is 1.43. The zero-order valence-electron chi connectivity index (χ0n) is 8.02. The maximum Gasteiger partial charge on any atom is 0.352 e. The van der Waals surface area contributed by atoms with Crippen LogP contribution in [0, 0.1) is 0 Å². The van der Waals surface area contributed by atoms with Gasteiger partial charge in [0.2, 0.25) is 0 Å². The maximum absolute atomic E-state index is 11.0. The molecule has 0 amide bonds. The lowest BCUT2D eigenvalue weighted by molar-refractivity contribution is 0.0688. The molecular weight excluding hydrogens is 249 g/mol. The van der Waals surface area contributed by atoms with Gasteiger partial charge in [-0.1, -0.05) is 29.3 Å². The van der Waals surface area contributed by atoms with Gasteiger partial charge in [-0.3, -0.25) is 0 Å². The third kappa shape index (κ3) is 2.05. The number of aromatic nitrogens is 1. The predicted octanol–water partition coefficient (Wildman–Crippen LogP) is 3.48. The van der Waals surface area contributed by atoms with Gasteiger partial charge in [0.1, 0.15) is 5.69 Å². The zero-order chi connectivity index (χ0) is 11.7. The molecule has 5 heteroatoms. The van der Waals surface area contributed by atoms with E-state index in [4.69, 9.17) is 28.3 Å². The summed E-state index contributed by atoms with van der Waals surface area (Å²) in [5.74, 6) is -1.04. The molecule has 3 nitrogen and oxygen atoms in total. The van der Waals surface area contributed by atoms with Gasteiger partial charge in [0.15, 0.2) is 0 Å². The van der Waals surface area contributed by atoms with Crippen LogP contribution in [0.4, 0.5) is 0 Å². The van der Waals surface area contributed by atoms with Gasteiger partial charge < -0.3 is 9.67 Å². The lowest BCUT2D eigenvalue weighted by Crippen LogP contribution is -2.05. The van der Waals surface area contributed by atoms with E-state index in [1.807, 2.05) is 0 Å². The summed E-state index contributed by atoms with van der Waals surface area (Å²) in [4.78, 5) is 11.0. The van der Waals surface area contributed by atoms with Crippen LogP contribution in [-0.4, -0.2) is 15.6 Å².